The molecule has 0 atom stereocenters. The van der Waals surface area contributed by atoms with Crippen molar-refractivity contribution in [2.24, 2.45) is 0 Å². The molecule has 0 saturated heterocycles. The number of hydrogen-bond donors (Lipinski definition) is 3. The number of fused-ring (bicyclic) bond motifs is 3. The summed E-state index contributed by atoms with van der Waals surface area (Å²) < 4.78 is 41.6. The minimum atomic E-state index is -4.58. The molecule has 10 nitrogen and oxygen atoms in total. The van der Waals surface area contributed by atoms with E-state index in [4.69, 9.17) is 10.2 Å². The van der Waals surface area contributed by atoms with E-state index in [1.54, 1.807) is 35.8 Å². The second-order valence-corrected chi connectivity index (χ2v) is 10.1. The number of nitrogens with one attached hydrogen (secondary N) is 2. The number of hydroxylamine groups is 1. The van der Waals surface area contributed by atoms with E-state index in [1.165, 1.54) is 35.2 Å². The molecule has 4 aromatic heterocycles. The van der Waals surface area contributed by atoms with Crippen LogP contribution in [0.15, 0.2) is 77.9 Å². The topological polar surface area (TPSA) is 139 Å². The lowest BCUT2D eigenvalue weighted by Gasteiger charge is -2.14. The molecule has 0 aliphatic carbocycles. The third-order valence-electron chi connectivity index (χ3n) is 7.00. The van der Waals surface area contributed by atoms with Crippen LogP contribution in [0.4, 0.5) is 19.0 Å². The lowest BCUT2D eigenvalue weighted by molar-refractivity contribution is -0.137. The normalized spacial score (nSPS) is 11.5. The largest absolute Gasteiger partial charge is 0.416 e. The number of nitrogens with zero attached hydrogens (tertiary/aromatic N) is 4. The molecule has 0 spiro atoms. The fraction of sp³-hybridized carbons (Fsp3) is 0.226. The van der Waals surface area contributed by atoms with Crippen LogP contribution in [0.3, 0.4) is 0 Å². The third kappa shape index (κ3) is 6.89. The van der Waals surface area contributed by atoms with Crippen molar-refractivity contribution in [2.75, 3.05) is 5.32 Å². The number of unbranched alkanes of at least 4 members (excludes halogenated alkanes) is 3. The molecule has 13 heteroatoms. The molecule has 0 radical (unpaired) electrons. The van der Waals surface area contributed by atoms with Gasteiger partial charge in [-0.3, -0.25) is 29.1 Å². The number of aromatic nitrogens is 4. The zero-order valence-electron chi connectivity index (χ0n) is 23.3. The third-order valence-corrected chi connectivity index (χ3v) is 7.00. The number of benzene rings is 1. The molecule has 0 bridgehead atoms. The van der Waals surface area contributed by atoms with Crippen molar-refractivity contribution in [2.45, 2.75) is 44.7 Å². The number of alkyl halides is 3. The number of rotatable bonds is 10. The van der Waals surface area contributed by atoms with Crippen LogP contribution >= 0.6 is 0 Å². The molecule has 3 N–H and O–H groups in total. The number of carbonyl (C=O) groups is 2. The Labute approximate surface area is 248 Å². The van der Waals surface area contributed by atoms with Gasteiger partial charge in [-0.2, -0.15) is 13.2 Å². The lowest BCUT2D eigenvalue weighted by Crippen LogP contribution is -2.18. The standard InChI is InChI=1S/C31H27F3N6O4/c32-31(33,34)21-6-5-7-22(16-21)40-28(43)15-11-20-18-35-24-13-12-23(37-29(24)30(20)40)19-10-14-25(36-17-19)38-26(41)8-3-1-2-4-9-27(42)39-44/h5-7,10-18,44H,1-4,8-9H2,(H,39,42)(H,36,38,41). The van der Waals surface area contributed by atoms with E-state index in [0.29, 0.717) is 51.9 Å². The molecule has 1 aromatic carbocycles. The Balaban J connectivity index is 1.38. The van der Waals surface area contributed by atoms with Gasteiger partial charge in [0.15, 0.2) is 0 Å². The number of pyridine rings is 4. The highest BCUT2D eigenvalue weighted by Gasteiger charge is 2.30. The van der Waals surface area contributed by atoms with Gasteiger partial charge in [0.2, 0.25) is 11.8 Å². The number of halogens is 3. The Bertz CT molecular complexity index is 1890. The van der Waals surface area contributed by atoms with Gasteiger partial charge in [0.25, 0.3) is 5.56 Å². The molecule has 2 amide bonds. The van der Waals surface area contributed by atoms with Crippen molar-refractivity contribution in [3.8, 4) is 16.9 Å². The van der Waals surface area contributed by atoms with E-state index in [-0.39, 0.29) is 24.4 Å². The van der Waals surface area contributed by atoms with Gasteiger partial charge in [0, 0.05) is 47.9 Å². The summed E-state index contributed by atoms with van der Waals surface area (Å²) in [6, 6.07) is 14.2. The average Bonchev–Trinajstić information content (AvgIpc) is 3.02. The first kappa shape index (κ1) is 30.3. The quantitative estimate of drug-likeness (QED) is 0.0793. The number of amides is 2. The molecule has 0 aliphatic rings. The SMILES string of the molecule is O=C(CCCCCCC(=O)Nc1ccc(-c2ccc3ncc4ccc(=O)n(-c5cccc(C(F)(F)F)c5)c4c3n2)cn1)NO. The van der Waals surface area contributed by atoms with E-state index in [0.717, 1.165) is 25.0 Å². The highest BCUT2D eigenvalue weighted by Crippen LogP contribution is 2.32. The van der Waals surface area contributed by atoms with E-state index in [2.05, 4.69) is 15.3 Å². The summed E-state index contributed by atoms with van der Waals surface area (Å²) in [4.78, 5) is 49.8. The van der Waals surface area contributed by atoms with Gasteiger partial charge in [-0.05, 0) is 61.4 Å². The van der Waals surface area contributed by atoms with Crippen molar-refractivity contribution in [3.05, 3.63) is 89.0 Å². The van der Waals surface area contributed by atoms with Crippen molar-refractivity contribution in [3.63, 3.8) is 0 Å². The zero-order chi connectivity index (χ0) is 31.3. The van der Waals surface area contributed by atoms with Gasteiger partial charge in [-0.25, -0.2) is 15.4 Å². The van der Waals surface area contributed by atoms with E-state index in [9.17, 15) is 27.6 Å². The maximum absolute atomic E-state index is 13.5. The van der Waals surface area contributed by atoms with Gasteiger partial charge in [0.1, 0.15) is 11.3 Å². The Morgan fingerprint density at radius 3 is 2.34 bits per heavy atom. The summed E-state index contributed by atoms with van der Waals surface area (Å²) in [6.07, 6.45) is 1.78. The molecule has 226 valence electrons. The summed E-state index contributed by atoms with van der Waals surface area (Å²) in [5.74, 6) is -0.284. The van der Waals surface area contributed by atoms with Gasteiger partial charge in [-0.1, -0.05) is 18.9 Å². The summed E-state index contributed by atoms with van der Waals surface area (Å²) in [5, 5.41) is 11.8. The Morgan fingerprint density at radius 1 is 0.864 bits per heavy atom. The smallest absolute Gasteiger partial charge is 0.311 e. The Kier molecular flexibility index (Phi) is 8.95. The highest BCUT2D eigenvalue weighted by atomic mass is 19.4. The Morgan fingerprint density at radius 2 is 1.64 bits per heavy atom. The number of anilines is 1. The molecule has 0 saturated carbocycles. The summed E-state index contributed by atoms with van der Waals surface area (Å²) in [7, 11) is 0. The first-order valence-corrected chi connectivity index (χ1v) is 13.8. The molecular weight excluding hydrogens is 577 g/mol. The maximum Gasteiger partial charge on any atom is 0.416 e. The van der Waals surface area contributed by atoms with E-state index in [1.807, 2.05) is 0 Å². The van der Waals surface area contributed by atoms with Gasteiger partial charge >= 0.3 is 6.18 Å². The second-order valence-electron chi connectivity index (χ2n) is 10.1. The summed E-state index contributed by atoms with van der Waals surface area (Å²) >= 11 is 0. The van der Waals surface area contributed by atoms with Gasteiger partial charge in [-0.15, -0.1) is 0 Å². The monoisotopic (exact) mass is 604 g/mol. The van der Waals surface area contributed by atoms with Crippen LogP contribution in [-0.4, -0.2) is 36.5 Å². The second kappa shape index (κ2) is 13.0. The lowest BCUT2D eigenvalue weighted by atomic mass is 10.1. The molecule has 44 heavy (non-hydrogen) atoms. The zero-order valence-corrected chi connectivity index (χ0v) is 23.3. The van der Waals surface area contributed by atoms with Crippen LogP contribution in [0, 0.1) is 0 Å². The predicted molar refractivity (Wildman–Crippen MR) is 157 cm³/mol. The molecule has 5 rings (SSSR count). The van der Waals surface area contributed by atoms with Crippen LogP contribution in [-0.2, 0) is 15.8 Å². The fourth-order valence-corrected chi connectivity index (χ4v) is 4.81. The van der Waals surface area contributed by atoms with Crippen LogP contribution in [0.5, 0.6) is 0 Å². The highest BCUT2D eigenvalue weighted by molar-refractivity contribution is 6.02. The predicted octanol–water partition coefficient (Wildman–Crippen LogP) is 5.80. The molecular formula is C31H27F3N6O4. The average molecular weight is 605 g/mol. The van der Waals surface area contributed by atoms with Crippen LogP contribution < -0.4 is 16.4 Å². The molecule has 0 unspecified atom stereocenters. The summed E-state index contributed by atoms with van der Waals surface area (Å²) in [5.41, 5.74) is 2.41. The molecule has 4 heterocycles. The van der Waals surface area contributed by atoms with E-state index < -0.39 is 23.2 Å². The fourth-order valence-electron chi connectivity index (χ4n) is 4.81. The van der Waals surface area contributed by atoms with Gasteiger partial charge < -0.3 is 5.32 Å². The van der Waals surface area contributed by atoms with Crippen molar-refractivity contribution in [1.82, 2.24) is 25.0 Å². The Hall–Kier alpha value is -5.17. The molecule has 0 aliphatic heterocycles. The van der Waals surface area contributed by atoms with Crippen molar-refractivity contribution >= 4 is 39.6 Å². The van der Waals surface area contributed by atoms with Crippen molar-refractivity contribution in [1.29, 1.82) is 0 Å². The van der Waals surface area contributed by atoms with Crippen molar-refractivity contribution < 1.29 is 28.0 Å². The van der Waals surface area contributed by atoms with Crippen LogP contribution in [0.25, 0.3) is 38.9 Å². The molecule has 5 aromatic rings. The van der Waals surface area contributed by atoms with Crippen LogP contribution in [0.2, 0.25) is 0 Å². The number of carbonyl (C=O) groups excluding carboxylic acids is 2. The summed E-state index contributed by atoms with van der Waals surface area (Å²) in [6.45, 7) is 0. The number of hydrogen-bond acceptors (Lipinski definition) is 7. The van der Waals surface area contributed by atoms with Gasteiger partial charge in [0.05, 0.1) is 22.3 Å². The van der Waals surface area contributed by atoms with Crippen LogP contribution in [0.1, 0.15) is 44.1 Å². The van der Waals surface area contributed by atoms with E-state index >= 15 is 0 Å². The minimum absolute atomic E-state index is 0.0472. The molecule has 0 fully saturated rings. The minimum Gasteiger partial charge on any atom is -0.311 e. The first-order chi connectivity index (χ1) is 21.1. The maximum atomic E-state index is 13.5. The first-order valence-electron chi connectivity index (χ1n) is 13.8.